The van der Waals surface area contributed by atoms with Gasteiger partial charge in [-0.15, -0.1) is 0 Å². The lowest BCUT2D eigenvalue weighted by molar-refractivity contribution is -0.326. The van der Waals surface area contributed by atoms with Gasteiger partial charge in [0, 0.05) is 7.11 Å². The predicted octanol–water partition coefficient (Wildman–Crippen LogP) is -1.33. The number of carbonyl (C=O) groups is 1. The van der Waals surface area contributed by atoms with Gasteiger partial charge in [-0.2, -0.15) is 0 Å². The van der Waals surface area contributed by atoms with Crippen molar-refractivity contribution < 1.29 is 44.2 Å². The molecule has 10 heteroatoms. The highest BCUT2D eigenvalue weighted by molar-refractivity contribution is 5.77. The number of hydrogen-bond donors (Lipinski definition) is 5. The normalized spacial score (nSPS) is 43.8. The highest BCUT2D eigenvalue weighted by Crippen LogP contribution is 2.30. The van der Waals surface area contributed by atoms with Crippen molar-refractivity contribution in [3.63, 3.8) is 0 Å². The van der Waals surface area contributed by atoms with Gasteiger partial charge in [-0.25, -0.2) is 0 Å². The van der Waals surface area contributed by atoms with Crippen LogP contribution in [0.2, 0.25) is 0 Å². The highest BCUT2D eigenvalue weighted by atomic mass is 16.7. The molecule has 2 fully saturated rings. The zero-order chi connectivity index (χ0) is 22.1. The van der Waals surface area contributed by atoms with Crippen LogP contribution < -0.4 is 5.32 Å². The quantitative estimate of drug-likeness (QED) is 0.352. The van der Waals surface area contributed by atoms with Crippen molar-refractivity contribution in [2.45, 2.75) is 108 Å². The van der Waals surface area contributed by atoms with E-state index in [1.807, 2.05) is 0 Å². The van der Waals surface area contributed by atoms with Crippen molar-refractivity contribution in [3.8, 4) is 0 Å². The van der Waals surface area contributed by atoms with Crippen molar-refractivity contribution in [3.05, 3.63) is 0 Å². The van der Waals surface area contributed by atoms with Crippen molar-refractivity contribution in [1.82, 2.24) is 5.32 Å². The van der Waals surface area contributed by atoms with E-state index in [2.05, 4.69) is 5.32 Å². The molecule has 2 heterocycles. The molecule has 2 aliphatic heterocycles. The van der Waals surface area contributed by atoms with E-state index in [0.29, 0.717) is 0 Å². The fraction of sp³-hybridized carbons (Fsp3) is 0.947. The first-order valence-corrected chi connectivity index (χ1v) is 9.90. The molecular weight excluding hydrogens is 386 g/mol. The molecule has 5 N–H and O–H groups in total. The van der Waals surface area contributed by atoms with E-state index in [9.17, 15) is 25.2 Å². The maximum absolute atomic E-state index is 12.2. The summed E-state index contributed by atoms with van der Waals surface area (Å²) in [6, 6.07) is -0.794. The predicted molar refractivity (Wildman–Crippen MR) is 101 cm³/mol. The minimum Gasteiger partial charge on any atom is -0.390 e. The van der Waals surface area contributed by atoms with Crippen LogP contribution in [0, 0.1) is 0 Å². The Balaban J connectivity index is 2.10. The molecule has 10 atom stereocenters. The van der Waals surface area contributed by atoms with Gasteiger partial charge in [-0.05, 0) is 34.6 Å². The van der Waals surface area contributed by atoms with E-state index in [1.165, 1.54) is 21.0 Å². The number of methoxy groups -OCH3 is 1. The van der Waals surface area contributed by atoms with Gasteiger partial charge in [-0.1, -0.05) is 0 Å². The molecule has 10 nitrogen and oxygen atoms in total. The number of ether oxygens (including phenoxy) is 4. The monoisotopic (exact) mass is 421 g/mol. The van der Waals surface area contributed by atoms with Crippen LogP contribution in [0.15, 0.2) is 0 Å². The van der Waals surface area contributed by atoms with Crippen molar-refractivity contribution in [2.24, 2.45) is 0 Å². The van der Waals surface area contributed by atoms with E-state index >= 15 is 0 Å². The number of nitrogens with one attached hydrogen (secondary N) is 1. The van der Waals surface area contributed by atoms with Gasteiger partial charge in [0.1, 0.15) is 30.5 Å². The second kappa shape index (κ2) is 9.52. The second-order valence-corrected chi connectivity index (χ2v) is 8.61. The highest BCUT2D eigenvalue weighted by Gasteiger charge is 2.49. The van der Waals surface area contributed by atoms with Gasteiger partial charge >= 0.3 is 0 Å². The Morgan fingerprint density at radius 2 is 1.52 bits per heavy atom. The van der Waals surface area contributed by atoms with Gasteiger partial charge in [0.15, 0.2) is 6.29 Å². The summed E-state index contributed by atoms with van der Waals surface area (Å²) in [5, 5.41) is 44.0. The molecule has 0 saturated carbocycles. The molecule has 170 valence electrons. The molecule has 2 aliphatic rings. The molecular formula is C19H35NO9. The number of rotatable bonds is 6. The first-order chi connectivity index (χ1) is 13.4. The van der Waals surface area contributed by atoms with E-state index in [0.717, 1.165) is 0 Å². The van der Waals surface area contributed by atoms with Crippen LogP contribution >= 0.6 is 0 Å². The minimum absolute atomic E-state index is 0.142. The molecule has 4 unspecified atom stereocenters. The molecule has 2 saturated heterocycles. The van der Waals surface area contributed by atoms with Crippen LogP contribution in [0.3, 0.4) is 0 Å². The van der Waals surface area contributed by atoms with Crippen LogP contribution in [0.25, 0.3) is 0 Å². The van der Waals surface area contributed by atoms with E-state index in [-0.39, 0.29) is 6.42 Å². The van der Waals surface area contributed by atoms with Crippen LogP contribution in [-0.4, -0.2) is 100 Å². The summed E-state index contributed by atoms with van der Waals surface area (Å²) in [5.74, 6) is -0.441. The number of amides is 1. The summed E-state index contributed by atoms with van der Waals surface area (Å²) in [4.78, 5) is 12.2. The van der Waals surface area contributed by atoms with Gasteiger partial charge in [0.2, 0.25) is 5.91 Å². The summed E-state index contributed by atoms with van der Waals surface area (Å²) in [7, 11) is 1.36. The Kier molecular flexibility index (Phi) is 8.02. The summed E-state index contributed by atoms with van der Waals surface area (Å²) in [6.45, 7) is 8.02. The van der Waals surface area contributed by atoms with Crippen molar-refractivity contribution in [1.29, 1.82) is 0 Å². The molecule has 0 bridgehead atoms. The number of carbonyl (C=O) groups excluding carboxylic acids is 1. The fourth-order valence-corrected chi connectivity index (χ4v) is 3.76. The maximum Gasteiger partial charge on any atom is 0.223 e. The summed E-state index contributed by atoms with van der Waals surface area (Å²) < 4.78 is 22.5. The first kappa shape index (κ1) is 24.4. The maximum atomic E-state index is 12.2. The largest absolute Gasteiger partial charge is 0.390 e. The average Bonchev–Trinajstić information content (AvgIpc) is 2.59. The average molecular weight is 421 g/mol. The Labute approximate surface area is 171 Å². The third-order valence-corrected chi connectivity index (χ3v) is 5.38. The Morgan fingerprint density at radius 1 is 0.966 bits per heavy atom. The van der Waals surface area contributed by atoms with Crippen LogP contribution in [0.5, 0.6) is 0 Å². The molecule has 0 radical (unpaired) electrons. The first-order valence-electron chi connectivity index (χ1n) is 9.90. The molecule has 29 heavy (non-hydrogen) atoms. The third-order valence-electron chi connectivity index (χ3n) is 5.38. The standard InChI is InChI=1S/C19H35NO9/c1-8-12(20-11(21)7-19(4,5)25)15(24)17(26-6)18(28-8)29-16-13(22)9(2)27-10(3)14(16)23/h8-10,12-18,22-25H,7H2,1-6H3,(H,20,21)/t8?,9-,10?,12+,13?,14-,15-,16+,17?,18-/m0/s1. The zero-order valence-electron chi connectivity index (χ0n) is 17.8. The van der Waals surface area contributed by atoms with Crippen molar-refractivity contribution in [2.75, 3.05) is 7.11 Å². The summed E-state index contributed by atoms with van der Waals surface area (Å²) >= 11 is 0. The van der Waals surface area contributed by atoms with E-state index in [1.54, 1.807) is 20.8 Å². The second-order valence-electron chi connectivity index (χ2n) is 8.61. The van der Waals surface area contributed by atoms with Crippen LogP contribution in [0.1, 0.15) is 41.0 Å². The smallest absolute Gasteiger partial charge is 0.223 e. The molecule has 0 spiro atoms. The SMILES string of the molecule is COC1[C@H](O[C@@H]2C(O)[C@H](C)OC(C)[C@@H]2O)OC(C)[C@@H](NC(=O)CC(C)(C)O)[C@@H]1O. The van der Waals surface area contributed by atoms with E-state index in [4.69, 9.17) is 18.9 Å². The topological polar surface area (TPSA) is 147 Å². The molecule has 2 rings (SSSR count). The van der Waals surface area contributed by atoms with E-state index < -0.39 is 72.7 Å². The molecule has 0 aromatic heterocycles. The molecule has 0 aromatic rings. The molecule has 0 aliphatic carbocycles. The lowest BCUT2D eigenvalue weighted by Crippen LogP contribution is -2.66. The summed E-state index contributed by atoms with van der Waals surface area (Å²) in [5.41, 5.74) is -1.19. The minimum atomic E-state index is -1.19. The third kappa shape index (κ3) is 5.86. The lowest BCUT2D eigenvalue weighted by Gasteiger charge is -2.47. The summed E-state index contributed by atoms with van der Waals surface area (Å²) in [6.07, 6.45) is -8.35. The fourth-order valence-electron chi connectivity index (χ4n) is 3.76. The van der Waals surface area contributed by atoms with Gasteiger partial charge in [0.25, 0.3) is 0 Å². The number of hydrogen-bond acceptors (Lipinski definition) is 9. The number of aliphatic hydroxyl groups is 4. The Bertz CT molecular complexity index is 540. The lowest BCUT2D eigenvalue weighted by atomic mass is 9.94. The van der Waals surface area contributed by atoms with Gasteiger partial charge < -0.3 is 44.7 Å². The van der Waals surface area contributed by atoms with Gasteiger partial charge in [-0.3, -0.25) is 4.79 Å². The Morgan fingerprint density at radius 3 is 2.00 bits per heavy atom. The molecule has 0 aromatic carbocycles. The van der Waals surface area contributed by atoms with Crippen molar-refractivity contribution >= 4 is 5.91 Å². The van der Waals surface area contributed by atoms with Crippen LogP contribution in [0.4, 0.5) is 0 Å². The Hall–Kier alpha value is -0.850. The zero-order valence-corrected chi connectivity index (χ0v) is 17.8. The number of aliphatic hydroxyl groups excluding tert-OH is 3. The van der Waals surface area contributed by atoms with Crippen LogP contribution in [-0.2, 0) is 23.7 Å². The molecule has 1 amide bonds. The van der Waals surface area contributed by atoms with Gasteiger partial charge in [0.05, 0.1) is 36.4 Å².